The Balaban J connectivity index is 2.25. The van der Waals surface area contributed by atoms with E-state index in [1.807, 2.05) is 0 Å². The van der Waals surface area contributed by atoms with E-state index in [4.69, 9.17) is 10.2 Å². The van der Waals surface area contributed by atoms with Crippen LogP contribution < -0.4 is 5.48 Å². The van der Waals surface area contributed by atoms with Crippen LogP contribution in [0.4, 0.5) is 4.79 Å². The third kappa shape index (κ3) is 2.09. The highest BCUT2D eigenvalue weighted by atomic mass is 16.7. The van der Waals surface area contributed by atoms with Crippen LogP contribution in [0.25, 0.3) is 0 Å². The first-order valence-electron chi connectivity index (χ1n) is 3.94. The van der Waals surface area contributed by atoms with Crippen LogP contribution in [0.5, 0.6) is 0 Å². The fraction of sp³-hybridized carbons (Fsp3) is 0.714. The minimum atomic E-state index is -0.353. The molecule has 1 aliphatic rings. The average molecular weight is 187 g/mol. The number of methoxy groups -OCH3 is 1. The summed E-state index contributed by atoms with van der Waals surface area (Å²) in [6, 6.07) is 0. The van der Waals surface area contributed by atoms with Crippen molar-refractivity contribution in [1.82, 2.24) is 10.4 Å². The smallest absolute Gasteiger partial charge is 0.409 e. The van der Waals surface area contributed by atoms with Gasteiger partial charge >= 0.3 is 6.09 Å². The molecule has 1 fully saturated rings. The average Bonchev–Trinajstić information content (AvgIpc) is 2.01. The summed E-state index contributed by atoms with van der Waals surface area (Å²) in [4.78, 5) is 17.2. The van der Waals surface area contributed by atoms with Crippen LogP contribution in [0.1, 0.15) is 0 Å². The van der Waals surface area contributed by atoms with E-state index < -0.39 is 0 Å². The standard InChI is InChI=1S/C7H13N3O3/c1-9-13-6(8)5-3-10(4-5)7(11)12-2/h5,8-9H,3-4H2,1-2H3. The van der Waals surface area contributed by atoms with E-state index in [1.54, 1.807) is 7.05 Å². The van der Waals surface area contributed by atoms with E-state index >= 15 is 0 Å². The van der Waals surface area contributed by atoms with Gasteiger partial charge in [0.05, 0.1) is 13.0 Å². The number of hydrogen-bond acceptors (Lipinski definition) is 5. The van der Waals surface area contributed by atoms with E-state index in [9.17, 15) is 4.79 Å². The second-order valence-electron chi connectivity index (χ2n) is 2.74. The van der Waals surface area contributed by atoms with Crippen molar-refractivity contribution in [3.05, 3.63) is 0 Å². The van der Waals surface area contributed by atoms with Crippen LogP contribution in [0, 0.1) is 11.3 Å². The van der Waals surface area contributed by atoms with E-state index in [2.05, 4.69) is 10.2 Å². The van der Waals surface area contributed by atoms with E-state index in [1.165, 1.54) is 12.0 Å². The predicted molar refractivity (Wildman–Crippen MR) is 45.3 cm³/mol. The molecule has 1 rings (SSSR count). The molecule has 0 atom stereocenters. The number of amides is 1. The first-order valence-corrected chi connectivity index (χ1v) is 3.94. The van der Waals surface area contributed by atoms with Crippen LogP contribution >= 0.6 is 0 Å². The van der Waals surface area contributed by atoms with Crippen LogP contribution in [-0.4, -0.2) is 44.1 Å². The number of rotatable bonds is 2. The number of carbonyl (C=O) groups excluding carboxylic acids is 1. The lowest BCUT2D eigenvalue weighted by atomic mass is 10.0. The number of hydroxylamine groups is 1. The fourth-order valence-corrected chi connectivity index (χ4v) is 1.12. The monoisotopic (exact) mass is 187 g/mol. The summed E-state index contributed by atoms with van der Waals surface area (Å²) in [5.41, 5.74) is 2.42. The van der Waals surface area contributed by atoms with E-state index in [0.717, 1.165) is 0 Å². The molecule has 0 radical (unpaired) electrons. The van der Waals surface area contributed by atoms with Crippen molar-refractivity contribution >= 4 is 12.0 Å². The van der Waals surface area contributed by atoms with E-state index in [-0.39, 0.29) is 17.9 Å². The molecule has 6 heteroatoms. The van der Waals surface area contributed by atoms with Gasteiger partial charge in [0.25, 0.3) is 0 Å². The Morgan fingerprint density at radius 2 is 2.23 bits per heavy atom. The van der Waals surface area contributed by atoms with Crippen molar-refractivity contribution < 1.29 is 14.4 Å². The highest BCUT2D eigenvalue weighted by molar-refractivity contribution is 5.79. The van der Waals surface area contributed by atoms with Crippen molar-refractivity contribution in [3.63, 3.8) is 0 Å². The number of carbonyl (C=O) groups is 1. The summed E-state index contributed by atoms with van der Waals surface area (Å²) < 4.78 is 4.50. The molecule has 6 nitrogen and oxygen atoms in total. The van der Waals surface area contributed by atoms with Gasteiger partial charge in [0.2, 0.25) is 5.90 Å². The summed E-state index contributed by atoms with van der Waals surface area (Å²) in [5.74, 6) is 0.147. The number of nitrogens with zero attached hydrogens (tertiary/aromatic N) is 1. The molecule has 1 aliphatic heterocycles. The van der Waals surface area contributed by atoms with Crippen molar-refractivity contribution in [2.45, 2.75) is 0 Å². The first-order chi connectivity index (χ1) is 6.19. The maximum Gasteiger partial charge on any atom is 0.409 e. The third-order valence-electron chi connectivity index (χ3n) is 1.90. The lowest BCUT2D eigenvalue weighted by Crippen LogP contribution is -2.53. The Morgan fingerprint density at radius 3 is 2.69 bits per heavy atom. The Bertz CT molecular complexity index is 213. The molecule has 0 aliphatic carbocycles. The van der Waals surface area contributed by atoms with Gasteiger partial charge in [-0.1, -0.05) is 0 Å². The zero-order valence-corrected chi connectivity index (χ0v) is 7.66. The number of hydrogen-bond donors (Lipinski definition) is 2. The zero-order valence-electron chi connectivity index (χ0n) is 7.66. The Labute approximate surface area is 76.3 Å². The molecule has 1 saturated heterocycles. The van der Waals surface area contributed by atoms with Crippen molar-refractivity contribution in [1.29, 1.82) is 5.41 Å². The number of nitrogens with one attached hydrogen (secondary N) is 2. The van der Waals surface area contributed by atoms with Gasteiger partial charge in [0, 0.05) is 20.1 Å². The highest BCUT2D eigenvalue weighted by Gasteiger charge is 2.35. The minimum Gasteiger partial charge on any atom is -0.453 e. The maximum absolute atomic E-state index is 10.9. The summed E-state index contributed by atoms with van der Waals surface area (Å²) >= 11 is 0. The Hall–Kier alpha value is -1.30. The van der Waals surface area contributed by atoms with Gasteiger partial charge in [-0.25, -0.2) is 4.79 Å². The highest BCUT2D eigenvalue weighted by Crippen LogP contribution is 2.17. The molecule has 1 heterocycles. The van der Waals surface area contributed by atoms with Crippen LogP contribution in [0.3, 0.4) is 0 Å². The second kappa shape index (κ2) is 4.08. The molecule has 0 unspecified atom stereocenters. The maximum atomic E-state index is 10.9. The zero-order chi connectivity index (χ0) is 9.84. The lowest BCUT2D eigenvalue weighted by molar-refractivity contribution is 0.0724. The van der Waals surface area contributed by atoms with Gasteiger partial charge in [-0.3, -0.25) is 5.41 Å². The fourth-order valence-electron chi connectivity index (χ4n) is 1.12. The second-order valence-corrected chi connectivity index (χ2v) is 2.74. The van der Waals surface area contributed by atoms with Gasteiger partial charge in [-0.2, -0.15) is 5.48 Å². The molecule has 13 heavy (non-hydrogen) atoms. The molecule has 0 saturated carbocycles. The van der Waals surface area contributed by atoms with Crippen molar-refractivity contribution in [2.24, 2.45) is 5.92 Å². The third-order valence-corrected chi connectivity index (χ3v) is 1.90. The molecule has 0 aromatic heterocycles. The van der Waals surface area contributed by atoms with Gasteiger partial charge in [0.1, 0.15) is 0 Å². The summed E-state index contributed by atoms with van der Waals surface area (Å²) in [6.45, 7) is 0.986. The quantitative estimate of drug-likeness (QED) is 0.357. The predicted octanol–water partition coefficient (Wildman–Crippen LogP) is -0.187. The van der Waals surface area contributed by atoms with Crippen LogP contribution in [0.2, 0.25) is 0 Å². The molecular formula is C7H13N3O3. The van der Waals surface area contributed by atoms with Crippen LogP contribution in [-0.2, 0) is 9.57 Å². The SMILES string of the molecule is CNOC(=N)C1CN(C(=O)OC)C1. The van der Waals surface area contributed by atoms with Crippen molar-refractivity contribution in [3.8, 4) is 0 Å². The summed E-state index contributed by atoms with van der Waals surface area (Å²) in [7, 11) is 2.93. The molecule has 0 bridgehead atoms. The molecule has 0 aromatic carbocycles. The van der Waals surface area contributed by atoms with Crippen LogP contribution in [0.15, 0.2) is 0 Å². The topological polar surface area (TPSA) is 74.7 Å². The molecule has 74 valence electrons. The molecule has 0 aromatic rings. The van der Waals surface area contributed by atoms with Crippen molar-refractivity contribution in [2.75, 3.05) is 27.2 Å². The molecular weight excluding hydrogens is 174 g/mol. The van der Waals surface area contributed by atoms with Gasteiger partial charge < -0.3 is 14.5 Å². The first kappa shape index (κ1) is 9.79. The summed E-state index contributed by atoms with van der Waals surface area (Å²) in [6.07, 6.45) is -0.353. The minimum absolute atomic E-state index is 0.00782. The van der Waals surface area contributed by atoms with Gasteiger partial charge in [0.15, 0.2) is 0 Å². The number of likely N-dealkylation sites (tertiary alicyclic amines) is 1. The molecule has 1 amide bonds. The lowest BCUT2D eigenvalue weighted by Gasteiger charge is -2.37. The number of ether oxygens (including phenoxy) is 1. The Kier molecular flexibility index (Phi) is 3.07. The Morgan fingerprint density at radius 1 is 1.62 bits per heavy atom. The molecule has 2 N–H and O–H groups in total. The van der Waals surface area contributed by atoms with Gasteiger partial charge in [-0.05, 0) is 0 Å². The molecule has 0 spiro atoms. The normalized spacial score (nSPS) is 16.3. The van der Waals surface area contributed by atoms with E-state index in [0.29, 0.717) is 13.1 Å². The largest absolute Gasteiger partial charge is 0.453 e. The summed E-state index contributed by atoms with van der Waals surface area (Å²) in [5, 5.41) is 7.37. The van der Waals surface area contributed by atoms with Gasteiger partial charge in [-0.15, -0.1) is 0 Å².